The second kappa shape index (κ2) is 18.0. The van der Waals surface area contributed by atoms with Crippen molar-refractivity contribution in [1.29, 1.82) is 0 Å². The standard InChI is InChI=1S/C42H50N2O10/c1-7-15-33(45)41(3,4)35-21-13-19-31-29(51-31)17-9-12-24-38-44-28(26-50-38)40(48)54-36(42(5,6)34(46)16-8-2)22-14-20-32-30(52-32)18-10-11-23-37-43-27(25-49-37)39(47)53-35/h7-20,23-26,29-36,45-46H,21-22H2,1-6H3/b15-7+,16-8+,17-9-,18-10-,19-13-,20-14-,23-11?,24-12?. The van der Waals surface area contributed by atoms with Gasteiger partial charge in [-0.25, -0.2) is 19.6 Å². The van der Waals surface area contributed by atoms with E-state index in [9.17, 15) is 19.8 Å². The molecule has 4 bridgehead atoms. The summed E-state index contributed by atoms with van der Waals surface area (Å²) in [5, 5.41) is 21.8. The van der Waals surface area contributed by atoms with E-state index in [4.69, 9.17) is 27.8 Å². The van der Waals surface area contributed by atoms with Gasteiger partial charge in [0.05, 0.1) is 12.2 Å². The van der Waals surface area contributed by atoms with Gasteiger partial charge < -0.3 is 38.0 Å². The van der Waals surface area contributed by atoms with Gasteiger partial charge in [-0.1, -0.05) is 113 Å². The van der Waals surface area contributed by atoms with Gasteiger partial charge in [0.2, 0.25) is 11.8 Å². The lowest BCUT2D eigenvalue weighted by Crippen LogP contribution is -2.42. The molecule has 8 atom stereocenters. The van der Waals surface area contributed by atoms with Crippen molar-refractivity contribution in [3.8, 4) is 0 Å². The second-order valence-electron chi connectivity index (χ2n) is 14.5. The molecule has 12 heteroatoms. The summed E-state index contributed by atoms with van der Waals surface area (Å²) in [6, 6.07) is 0. The number of nitrogens with zero attached hydrogens (tertiary/aromatic N) is 2. The molecule has 2 aromatic heterocycles. The Morgan fingerprint density at radius 1 is 0.648 bits per heavy atom. The maximum absolute atomic E-state index is 13.2. The molecular formula is C42H50N2O10. The molecule has 54 heavy (non-hydrogen) atoms. The first kappa shape index (κ1) is 40.3. The lowest BCUT2D eigenvalue weighted by molar-refractivity contribution is -0.0461. The molecule has 5 heterocycles. The van der Waals surface area contributed by atoms with Crippen molar-refractivity contribution in [2.75, 3.05) is 0 Å². The number of hydrogen-bond donors (Lipinski definition) is 2. The Morgan fingerprint density at radius 3 is 1.43 bits per heavy atom. The van der Waals surface area contributed by atoms with E-state index < -0.39 is 47.2 Å². The predicted molar refractivity (Wildman–Crippen MR) is 202 cm³/mol. The lowest BCUT2D eigenvalue weighted by atomic mass is 9.79. The highest BCUT2D eigenvalue weighted by Gasteiger charge is 2.40. The fraction of sp³-hybridized carbons (Fsp3) is 0.429. The van der Waals surface area contributed by atoms with Crippen LogP contribution < -0.4 is 0 Å². The van der Waals surface area contributed by atoms with E-state index in [0.717, 1.165) is 0 Å². The number of oxazole rings is 2. The number of fused-ring (bicyclic) bond motifs is 6. The number of carbonyl (C=O) groups is 2. The van der Waals surface area contributed by atoms with Crippen molar-refractivity contribution >= 4 is 24.1 Å². The molecule has 5 rings (SSSR count). The number of allylic oxidation sites excluding steroid dienone is 6. The summed E-state index contributed by atoms with van der Waals surface area (Å²) < 4.78 is 34.3. The van der Waals surface area contributed by atoms with Crippen molar-refractivity contribution in [3.05, 3.63) is 121 Å². The summed E-state index contributed by atoms with van der Waals surface area (Å²) in [5.41, 5.74) is -1.65. The number of esters is 2. The normalized spacial score (nSPS) is 29.3. The van der Waals surface area contributed by atoms with Gasteiger partial charge in [-0.3, -0.25) is 0 Å². The van der Waals surface area contributed by atoms with E-state index in [1.165, 1.54) is 12.5 Å². The molecule has 0 radical (unpaired) electrons. The van der Waals surface area contributed by atoms with Crippen LogP contribution in [-0.2, 0) is 18.9 Å². The zero-order chi connectivity index (χ0) is 38.9. The van der Waals surface area contributed by atoms with Gasteiger partial charge in [-0.2, -0.15) is 0 Å². The molecule has 2 N–H and O–H groups in total. The number of aliphatic hydroxyl groups is 2. The molecule has 0 amide bonds. The lowest BCUT2D eigenvalue weighted by Gasteiger charge is -2.36. The Morgan fingerprint density at radius 2 is 1.04 bits per heavy atom. The first-order valence-electron chi connectivity index (χ1n) is 18.1. The van der Waals surface area contributed by atoms with Gasteiger partial charge in [0, 0.05) is 35.8 Å². The highest BCUT2D eigenvalue weighted by Crippen LogP contribution is 2.34. The molecule has 0 aliphatic carbocycles. The van der Waals surface area contributed by atoms with Crippen LogP contribution in [0, 0.1) is 10.8 Å². The third-order valence-corrected chi connectivity index (χ3v) is 9.67. The number of aromatic nitrogens is 2. The van der Waals surface area contributed by atoms with E-state index >= 15 is 0 Å². The van der Waals surface area contributed by atoms with Gasteiger partial charge in [0.25, 0.3) is 0 Å². The van der Waals surface area contributed by atoms with Gasteiger partial charge in [0.15, 0.2) is 11.4 Å². The van der Waals surface area contributed by atoms with Crippen LogP contribution in [0.2, 0.25) is 0 Å². The summed E-state index contributed by atoms with van der Waals surface area (Å²) >= 11 is 0. The fourth-order valence-corrected chi connectivity index (χ4v) is 5.73. The average Bonchev–Trinajstić information content (AvgIpc) is 3.93. The average molecular weight is 743 g/mol. The molecule has 12 nitrogen and oxygen atoms in total. The zero-order valence-corrected chi connectivity index (χ0v) is 31.5. The highest BCUT2D eigenvalue weighted by molar-refractivity contribution is 5.87. The number of epoxide rings is 2. The Hall–Kier alpha value is -4.88. The zero-order valence-electron chi connectivity index (χ0n) is 31.5. The number of hydrogen-bond acceptors (Lipinski definition) is 12. The van der Waals surface area contributed by atoms with Gasteiger partial charge in [-0.05, 0) is 13.8 Å². The molecule has 0 spiro atoms. The number of aliphatic hydroxyl groups excluding tert-OH is 2. The third-order valence-electron chi connectivity index (χ3n) is 9.67. The molecule has 3 aliphatic rings. The first-order chi connectivity index (χ1) is 25.8. The molecule has 288 valence electrons. The number of ether oxygens (including phenoxy) is 4. The van der Waals surface area contributed by atoms with Crippen LogP contribution in [0.3, 0.4) is 0 Å². The summed E-state index contributed by atoms with van der Waals surface area (Å²) in [6.07, 6.45) is 27.7. The maximum Gasteiger partial charge on any atom is 0.360 e. The van der Waals surface area contributed by atoms with Crippen LogP contribution in [-0.4, -0.2) is 81.0 Å². The summed E-state index contributed by atoms with van der Waals surface area (Å²) in [6.45, 7) is 11.0. The monoisotopic (exact) mass is 742 g/mol. The Balaban J connectivity index is 1.35. The van der Waals surface area contributed by atoms with Gasteiger partial charge in [0.1, 0.15) is 49.2 Å². The van der Waals surface area contributed by atoms with Crippen molar-refractivity contribution < 1.29 is 47.6 Å². The van der Waals surface area contributed by atoms with Crippen LogP contribution in [0.1, 0.15) is 87.1 Å². The first-order valence-corrected chi connectivity index (χ1v) is 18.1. The predicted octanol–water partition coefficient (Wildman–Crippen LogP) is 6.92. The van der Waals surface area contributed by atoms with E-state index in [0.29, 0.717) is 12.8 Å². The highest BCUT2D eigenvalue weighted by atomic mass is 16.6. The summed E-state index contributed by atoms with van der Waals surface area (Å²) in [5.74, 6) is -0.902. The van der Waals surface area contributed by atoms with Crippen molar-refractivity contribution in [2.24, 2.45) is 10.8 Å². The number of rotatable bonds is 6. The smallest absolute Gasteiger partial charge is 0.360 e. The Labute approximate surface area is 315 Å². The van der Waals surface area contributed by atoms with Crippen LogP contribution in [0.25, 0.3) is 12.2 Å². The van der Waals surface area contributed by atoms with Crippen LogP contribution >= 0.6 is 0 Å². The Kier molecular flexibility index (Phi) is 13.4. The van der Waals surface area contributed by atoms with E-state index in [2.05, 4.69) is 9.97 Å². The largest absolute Gasteiger partial charge is 0.457 e. The number of cyclic esters (lactones) is 2. The fourth-order valence-electron chi connectivity index (χ4n) is 5.73. The van der Waals surface area contributed by atoms with Gasteiger partial charge >= 0.3 is 11.9 Å². The SMILES string of the molecule is C/C=C/C(O)C(C)(C)C1C/C=C\C2OC2/C=C\C=Cc2nc(co2)C(=O)OC(C(C)(C)C(O)/C=C/C)C/C=C\C2OC2/C=C\C=Cc2nc(co2)C(=O)O1. The van der Waals surface area contributed by atoms with Crippen molar-refractivity contribution in [1.82, 2.24) is 9.97 Å². The van der Waals surface area contributed by atoms with Crippen LogP contribution in [0.15, 0.2) is 106 Å². The summed E-state index contributed by atoms with van der Waals surface area (Å²) in [4.78, 5) is 35.0. The van der Waals surface area contributed by atoms with E-state index in [-0.39, 0.29) is 47.6 Å². The number of carbonyl (C=O) groups excluding carboxylic acids is 2. The molecule has 2 fully saturated rings. The van der Waals surface area contributed by atoms with E-state index in [1.54, 1.807) is 60.8 Å². The van der Waals surface area contributed by atoms with Crippen LogP contribution in [0.5, 0.6) is 0 Å². The topological polar surface area (TPSA) is 170 Å². The van der Waals surface area contributed by atoms with Crippen molar-refractivity contribution in [3.63, 3.8) is 0 Å². The molecule has 2 saturated heterocycles. The maximum atomic E-state index is 13.2. The minimum atomic E-state index is -0.874. The summed E-state index contributed by atoms with van der Waals surface area (Å²) in [7, 11) is 0. The Bertz CT molecular complexity index is 1700. The van der Waals surface area contributed by atoms with Crippen molar-refractivity contribution in [2.45, 2.75) is 103 Å². The minimum Gasteiger partial charge on any atom is -0.457 e. The molecule has 0 saturated carbocycles. The molecule has 3 aliphatic heterocycles. The van der Waals surface area contributed by atoms with Gasteiger partial charge in [-0.15, -0.1) is 0 Å². The molecule has 0 aromatic carbocycles. The minimum absolute atomic E-state index is 0.00877. The second-order valence-corrected chi connectivity index (χ2v) is 14.5. The van der Waals surface area contributed by atoms with E-state index in [1.807, 2.05) is 78.0 Å². The quantitative estimate of drug-likeness (QED) is 0.178. The van der Waals surface area contributed by atoms with Crippen LogP contribution in [0.4, 0.5) is 0 Å². The molecular weight excluding hydrogens is 692 g/mol. The molecule has 2 aromatic rings. The molecule has 8 unspecified atom stereocenters. The third kappa shape index (κ3) is 10.6.